The van der Waals surface area contributed by atoms with Gasteiger partial charge in [0.15, 0.2) is 0 Å². The topological polar surface area (TPSA) is 102 Å². The molecule has 0 unspecified atom stereocenters. The van der Waals surface area contributed by atoms with E-state index < -0.39 is 27.9 Å². The van der Waals surface area contributed by atoms with Crippen molar-refractivity contribution in [2.45, 2.75) is 12.7 Å². The minimum atomic E-state index is -4.44. The summed E-state index contributed by atoms with van der Waals surface area (Å²) in [5.74, 6) is 0. The molecule has 0 saturated heterocycles. The van der Waals surface area contributed by atoms with Gasteiger partial charge in [0.05, 0.1) is 28.9 Å². The Morgan fingerprint density at radius 3 is 2.54 bits per heavy atom. The van der Waals surface area contributed by atoms with E-state index in [0.29, 0.717) is 16.3 Å². The van der Waals surface area contributed by atoms with Crippen LogP contribution in [0.2, 0.25) is 0 Å². The lowest BCUT2D eigenvalue weighted by molar-refractivity contribution is -0.385. The van der Waals surface area contributed by atoms with Gasteiger partial charge in [-0.15, -0.1) is 11.3 Å². The second-order valence-electron chi connectivity index (χ2n) is 5.63. The van der Waals surface area contributed by atoms with Gasteiger partial charge in [-0.1, -0.05) is 12.1 Å². The Bertz CT molecular complexity index is 1140. The van der Waals surface area contributed by atoms with E-state index in [1.54, 1.807) is 11.4 Å². The van der Waals surface area contributed by atoms with Crippen molar-refractivity contribution < 1.29 is 18.1 Å². The van der Waals surface area contributed by atoms with Crippen molar-refractivity contribution in [1.82, 2.24) is 9.55 Å². The minimum Gasteiger partial charge on any atom is -0.302 e. The van der Waals surface area contributed by atoms with Gasteiger partial charge in [0.1, 0.15) is 16.6 Å². The molecule has 0 radical (unpaired) electrons. The molecule has 28 heavy (non-hydrogen) atoms. The summed E-state index contributed by atoms with van der Waals surface area (Å²) in [5.41, 5.74) is -1.40. The zero-order valence-electron chi connectivity index (χ0n) is 13.8. The minimum absolute atomic E-state index is 0.119. The number of nitrogens with zero attached hydrogens (tertiary/aromatic N) is 4. The molecule has 7 nitrogen and oxygen atoms in total. The molecule has 0 aliphatic carbocycles. The van der Waals surface area contributed by atoms with Crippen LogP contribution in [0.3, 0.4) is 0 Å². The molecule has 0 aliphatic rings. The molecule has 2 heterocycles. The van der Waals surface area contributed by atoms with Crippen molar-refractivity contribution in [2.24, 2.45) is 0 Å². The lowest BCUT2D eigenvalue weighted by Crippen LogP contribution is -2.23. The number of aromatic nitrogens is 2. The van der Waals surface area contributed by atoms with Crippen LogP contribution in [0.5, 0.6) is 0 Å². The number of hydrogen-bond acceptors (Lipinski definition) is 6. The van der Waals surface area contributed by atoms with Crippen molar-refractivity contribution >= 4 is 17.0 Å². The zero-order chi connectivity index (χ0) is 20.5. The Kier molecular flexibility index (Phi) is 4.98. The molecule has 0 amide bonds. The fourth-order valence-corrected chi connectivity index (χ4v) is 3.22. The maximum atomic E-state index is 12.6. The molecular formula is C17H9F3N4O3S. The van der Waals surface area contributed by atoms with Crippen molar-refractivity contribution in [2.75, 3.05) is 0 Å². The molecule has 142 valence electrons. The lowest BCUT2D eigenvalue weighted by atomic mass is 10.1. The summed E-state index contributed by atoms with van der Waals surface area (Å²) in [6, 6.07) is 6.99. The van der Waals surface area contributed by atoms with Gasteiger partial charge in [0, 0.05) is 17.0 Å². The van der Waals surface area contributed by atoms with Crippen molar-refractivity contribution in [3.63, 3.8) is 0 Å². The van der Waals surface area contributed by atoms with Gasteiger partial charge in [0.2, 0.25) is 0 Å². The molecule has 11 heteroatoms. The predicted octanol–water partition coefficient (Wildman–Crippen LogP) is 3.82. The largest absolute Gasteiger partial charge is 0.416 e. The lowest BCUT2D eigenvalue weighted by Gasteiger charge is -2.06. The Hall–Kier alpha value is -3.52. The molecule has 0 aliphatic heterocycles. The van der Waals surface area contributed by atoms with E-state index in [4.69, 9.17) is 5.26 Å². The highest BCUT2D eigenvalue weighted by atomic mass is 32.1. The quantitative estimate of drug-likeness (QED) is 0.484. The van der Waals surface area contributed by atoms with Crippen LogP contribution in [0.1, 0.15) is 16.8 Å². The molecule has 1 aromatic carbocycles. The standard InChI is InChI=1S/C17H9F3N4O3S/c18-17(19,20)12-3-1-10(2-4-12)15-22-13(9-28-15)7-23-8-14(24(26)27)5-11(6-21)16(23)25/h1-5,8-9H,7H2. The summed E-state index contributed by atoms with van der Waals surface area (Å²) >= 11 is 1.15. The first-order valence-corrected chi connectivity index (χ1v) is 8.48. The van der Waals surface area contributed by atoms with Crippen LogP contribution in [0.15, 0.2) is 46.7 Å². The molecule has 0 atom stereocenters. The number of thiazole rings is 1. The highest BCUT2D eigenvalue weighted by Crippen LogP contribution is 2.31. The molecule has 0 fully saturated rings. The normalized spacial score (nSPS) is 11.2. The average molecular weight is 406 g/mol. The molecular weight excluding hydrogens is 397 g/mol. The smallest absolute Gasteiger partial charge is 0.302 e. The molecule has 3 aromatic rings. The fraction of sp³-hybridized carbons (Fsp3) is 0.118. The number of hydrogen-bond donors (Lipinski definition) is 0. The summed E-state index contributed by atoms with van der Waals surface area (Å²) in [7, 11) is 0. The van der Waals surface area contributed by atoms with Crippen LogP contribution >= 0.6 is 11.3 Å². The monoisotopic (exact) mass is 406 g/mol. The third-order valence-corrected chi connectivity index (χ3v) is 4.69. The number of nitriles is 1. The van der Waals surface area contributed by atoms with E-state index in [2.05, 4.69) is 4.98 Å². The predicted molar refractivity (Wildman–Crippen MR) is 93.7 cm³/mol. The number of rotatable bonds is 4. The number of pyridine rings is 1. The van der Waals surface area contributed by atoms with Crippen molar-refractivity contribution in [3.8, 4) is 16.6 Å². The first-order chi connectivity index (χ1) is 13.2. The van der Waals surface area contributed by atoms with Crippen LogP contribution < -0.4 is 5.56 Å². The molecule has 0 bridgehead atoms. The Labute approximate surface area is 159 Å². The second-order valence-corrected chi connectivity index (χ2v) is 6.49. The maximum Gasteiger partial charge on any atom is 0.416 e. The van der Waals surface area contributed by atoms with Gasteiger partial charge >= 0.3 is 6.18 Å². The molecule has 2 aromatic heterocycles. The van der Waals surface area contributed by atoms with E-state index in [1.807, 2.05) is 0 Å². The SMILES string of the molecule is N#Cc1cc([N+](=O)[O-])cn(Cc2csc(-c3ccc(C(F)(F)F)cc3)n2)c1=O. The molecule has 0 spiro atoms. The second kappa shape index (κ2) is 7.24. The Morgan fingerprint density at radius 2 is 1.96 bits per heavy atom. The van der Waals surface area contributed by atoms with Crippen LogP contribution in [0.25, 0.3) is 10.6 Å². The van der Waals surface area contributed by atoms with Gasteiger partial charge in [-0.3, -0.25) is 14.9 Å². The molecule has 0 N–H and O–H groups in total. The third-order valence-electron chi connectivity index (χ3n) is 3.75. The highest BCUT2D eigenvalue weighted by molar-refractivity contribution is 7.13. The highest BCUT2D eigenvalue weighted by Gasteiger charge is 2.30. The third kappa shape index (κ3) is 3.91. The average Bonchev–Trinajstić information content (AvgIpc) is 3.11. The van der Waals surface area contributed by atoms with E-state index >= 15 is 0 Å². The summed E-state index contributed by atoms with van der Waals surface area (Å²) in [6.45, 7) is -0.119. The maximum absolute atomic E-state index is 12.6. The van der Waals surface area contributed by atoms with E-state index in [0.717, 1.165) is 40.3 Å². The zero-order valence-corrected chi connectivity index (χ0v) is 14.6. The van der Waals surface area contributed by atoms with Gasteiger partial charge in [0.25, 0.3) is 11.2 Å². The van der Waals surface area contributed by atoms with E-state index in [1.165, 1.54) is 12.1 Å². The van der Waals surface area contributed by atoms with Crippen LogP contribution in [0.4, 0.5) is 18.9 Å². The van der Waals surface area contributed by atoms with Crippen LogP contribution in [0, 0.1) is 21.4 Å². The summed E-state index contributed by atoms with van der Waals surface area (Å²) < 4.78 is 38.9. The van der Waals surface area contributed by atoms with Gasteiger partial charge in [-0.2, -0.15) is 18.4 Å². The number of nitro groups is 1. The summed E-state index contributed by atoms with van der Waals surface area (Å²) in [4.78, 5) is 26.7. The van der Waals surface area contributed by atoms with Crippen LogP contribution in [-0.2, 0) is 12.7 Å². The number of benzene rings is 1. The van der Waals surface area contributed by atoms with Crippen molar-refractivity contribution in [3.05, 3.63) is 79.2 Å². The summed E-state index contributed by atoms with van der Waals surface area (Å²) in [6.07, 6.45) is -3.42. The van der Waals surface area contributed by atoms with Crippen LogP contribution in [-0.4, -0.2) is 14.5 Å². The summed E-state index contributed by atoms with van der Waals surface area (Å²) in [5, 5.41) is 21.9. The van der Waals surface area contributed by atoms with Gasteiger partial charge < -0.3 is 4.57 Å². The Morgan fingerprint density at radius 1 is 1.29 bits per heavy atom. The Balaban J connectivity index is 1.90. The fourth-order valence-electron chi connectivity index (χ4n) is 2.41. The first kappa shape index (κ1) is 19.2. The number of alkyl halides is 3. The number of halogens is 3. The first-order valence-electron chi connectivity index (χ1n) is 7.60. The van der Waals surface area contributed by atoms with E-state index in [-0.39, 0.29) is 12.1 Å². The molecule has 0 saturated carbocycles. The molecule has 3 rings (SSSR count). The van der Waals surface area contributed by atoms with E-state index in [9.17, 15) is 28.1 Å². The van der Waals surface area contributed by atoms with Gasteiger partial charge in [-0.05, 0) is 12.1 Å². The van der Waals surface area contributed by atoms with Crippen molar-refractivity contribution in [1.29, 1.82) is 5.26 Å². The van der Waals surface area contributed by atoms with Gasteiger partial charge in [-0.25, -0.2) is 4.98 Å².